The second-order valence-corrected chi connectivity index (χ2v) is 7.33. The molecule has 1 N–H and O–H groups in total. The van der Waals surface area contributed by atoms with Crippen LogP contribution in [0.15, 0.2) is 61.3 Å². The number of anilines is 2. The minimum atomic E-state index is -0.306. The maximum absolute atomic E-state index is 12.5. The normalized spacial score (nSPS) is 21.5. The lowest BCUT2D eigenvalue weighted by molar-refractivity contribution is 0.117. The third-order valence-electron chi connectivity index (χ3n) is 5.60. The molecule has 1 fully saturated rings. The summed E-state index contributed by atoms with van der Waals surface area (Å²) in [6.07, 6.45) is 8.88. The lowest BCUT2D eigenvalue weighted by Gasteiger charge is -2.21. The molecule has 2 aromatic heterocycles. The number of hydrogen-bond acceptors (Lipinski definition) is 7. The Bertz CT molecular complexity index is 1130. The molecular weight excluding hydrogens is 384 g/mol. The Morgan fingerprint density at radius 2 is 2.17 bits per heavy atom. The first kappa shape index (κ1) is 17.0. The van der Waals surface area contributed by atoms with Crippen LogP contribution in [-0.2, 0) is 17.7 Å². The maximum atomic E-state index is 12.5. The van der Waals surface area contributed by atoms with Gasteiger partial charge >= 0.3 is 6.09 Å². The van der Waals surface area contributed by atoms with Crippen molar-refractivity contribution in [3.05, 3.63) is 72.3 Å². The van der Waals surface area contributed by atoms with Gasteiger partial charge in [0.2, 0.25) is 0 Å². The van der Waals surface area contributed by atoms with E-state index in [1.54, 1.807) is 39.4 Å². The van der Waals surface area contributed by atoms with Crippen LogP contribution in [0.3, 0.4) is 0 Å². The van der Waals surface area contributed by atoms with Gasteiger partial charge in [-0.25, -0.2) is 14.5 Å². The molecule has 2 atom stereocenters. The van der Waals surface area contributed by atoms with Crippen molar-refractivity contribution in [2.75, 3.05) is 9.91 Å². The van der Waals surface area contributed by atoms with Crippen LogP contribution < -0.4 is 15.4 Å². The Morgan fingerprint density at radius 3 is 2.93 bits per heavy atom. The molecule has 0 bridgehead atoms. The SMILES string of the molecule is O=C1OC(Cn2ccnn2)[C@@H]2Cc3cc(-c4ccc(N5C=C[N-]N5)nc4)ccc3N12. The predicted octanol–water partition coefficient (Wildman–Crippen LogP) is 2.37. The van der Waals surface area contributed by atoms with Crippen LogP contribution in [0.1, 0.15) is 5.56 Å². The van der Waals surface area contributed by atoms with E-state index < -0.39 is 0 Å². The van der Waals surface area contributed by atoms with Crippen LogP contribution in [-0.4, -0.2) is 38.2 Å². The van der Waals surface area contributed by atoms with Gasteiger partial charge in [0.25, 0.3) is 0 Å². The maximum Gasteiger partial charge on any atom is 0.415 e. The highest BCUT2D eigenvalue weighted by Gasteiger charge is 2.47. The average molecular weight is 401 g/mol. The third kappa shape index (κ3) is 2.69. The van der Waals surface area contributed by atoms with Crippen LogP contribution in [0.25, 0.3) is 16.6 Å². The fourth-order valence-electron chi connectivity index (χ4n) is 4.18. The van der Waals surface area contributed by atoms with Crippen molar-refractivity contribution in [1.29, 1.82) is 0 Å². The summed E-state index contributed by atoms with van der Waals surface area (Å²) in [5, 5.41) is 9.55. The zero-order valence-corrected chi connectivity index (χ0v) is 15.8. The number of carbonyl (C=O) groups is 1. The Kier molecular flexibility index (Phi) is 3.71. The summed E-state index contributed by atoms with van der Waals surface area (Å²) in [5.74, 6) is 0.761. The third-order valence-corrected chi connectivity index (χ3v) is 5.60. The first-order valence-electron chi connectivity index (χ1n) is 9.61. The van der Waals surface area contributed by atoms with Gasteiger partial charge < -0.3 is 15.7 Å². The second-order valence-electron chi connectivity index (χ2n) is 7.33. The molecule has 150 valence electrons. The smallest absolute Gasteiger partial charge is 0.415 e. The van der Waals surface area contributed by atoms with E-state index in [4.69, 9.17) is 4.74 Å². The van der Waals surface area contributed by atoms with Gasteiger partial charge in [-0.05, 0) is 41.8 Å². The number of hydrazine groups is 1. The molecule has 3 aromatic rings. The minimum absolute atomic E-state index is 0.0378. The molecule has 1 unspecified atom stereocenters. The van der Waals surface area contributed by atoms with E-state index >= 15 is 0 Å². The molecule has 30 heavy (non-hydrogen) atoms. The number of aromatic nitrogens is 4. The number of ether oxygens (including phenoxy) is 1. The molecule has 1 saturated heterocycles. The van der Waals surface area contributed by atoms with Gasteiger partial charge in [-0.2, -0.15) is 0 Å². The van der Waals surface area contributed by atoms with E-state index in [0.29, 0.717) is 6.54 Å². The molecule has 1 amide bonds. The largest absolute Gasteiger partial charge is 0.609 e. The summed E-state index contributed by atoms with van der Waals surface area (Å²) in [4.78, 5) is 18.8. The van der Waals surface area contributed by atoms with Crippen LogP contribution in [0.2, 0.25) is 0 Å². The lowest BCUT2D eigenvalue weighted by atomic mass is 10.0. The highest BCUT2D eigenvalue weighted by atomic mass is 16.6. The molecular formula is C20H17N8O2-. The van der Waals surface area contributed by atoms with E-state index in [1.165, 1.54) is 0 Å². The van der Waals surface area contributed by atoms with Crippen molar-refractivity contribution in [3.63, 3.8) is 0 Å². The number of cyclic esters (lactones) is 1. The number of hydrogen-bond donors (Lipinski definition) is 1. The first-order chi connectivity index (χ1) is 14.8. The molecule has 0 spiro atoms. The van der Waals surface area contributed by atoms with E-state index in [1.807, 2.05) is 30.5 Å². The summed E-state index contributed by atoms with van der Waals surface area (Å²) >= 11 is 0. The molecule has 0 radical (unpaired) electrons. The van der Waals surface area contributed by atoms with Gasteiger partial charge in [0.05, 0.1) is 24.5 Å². The van der Waals surface area contributed by atoms with Gasteiger partial charge in [0.15, 0.2) is 0 Å². The van der Waals surface area contributed by atoms with E-state index in [-0.39, 0.29) is 18.2 Å². The van der Waals surface area contributed by atoms with Crippen molar-refractivity contribution in [3.8, 4) is 11.1 Å². The number of benzene rings is 1. The Hall–Kier alpha value is -3.92. The van der Waals surface area contributed by atoms with E-state index in [9.17, 15) is 4.79 Å². The van der Waals surface area contributed by atoms with Gasteiger partial charge in [0, 0.05) is 24.2 Å². The zero-order chi connectivity index (χ0) is 20.1. The van der Waals surface area contributed by atoms with Gasteiger partial charge in [-0.3, -0.25) is 9.91 Å². The topological polar surface area (TPSA) is 103 Å². The fraction of sp³-hybridized carbons (Fsp3) is 0.200. The predicted molar refractivity (Wildman–Crippen MR) is 108 cm³/mol. The minimum Gasteiger partial charge on any atom is -0.609 e. The molecule has 6 rings (SSSR count). The van der Waals surface area contributed by atoms with Crippen LogP contribution in [0, 0.1) is 0 Å². The quantitative estimate of drug-likeness (QED) is 0.716. The number of pyridine rings is 1. The highest BCUT2D eigenvalue weighted by molar-refractivity contribution is 5.94. The number of fused-ring (bicyclic) bond motifs is 3. The summed E-state index contributed by atoms with van der Waals surface area (Å²) in [5.41, 5.74) is 10.9. The van der Waals surface area contributed by atoms with Crippen LogP contribution >= 0.6 is 0 Å². The van der Waals surface area contributed by atoms with Gasteiger partial charge in [-0.1, -0.05) is 11.3 Å². The second kappa shape index (κ2) is 6.56. The molecule has 3 aliphatic heterocycles. The summed E-state index contributed by atoms with van der Waals surface area (Å²) in [7, 11) is 0. The standard InChI is InChI=1S/C20H17N8O2/c29-20-28-16-3-1-13(14-2-4-19(21-11-14)27-8-6-23-25-27)9-15(16)10-17(28)18(30-20)12-26-7-5-22-24-26/h1-9,11,17-18,25H,10,12H2/q-1/t17-,18?/m0/s1. The van der Waals surface area contributed by atoms with Crippen LogP contribution in [0.4, 0.5) is 16.3 Å². The molecule has 3 aliphatic rings. The summed E-state index contributed by atoms with van der Waals surface area (Å²) in [6.45, 7) is 0.490. The van der Waals surface area contributed by atoms with Crippen molar-refractivity contribution in [1.82, 2.24) is 25.5 Å². The number of nitrogens with zero attached hydrogens (tertiary/aromatic N) is 7. The molecule has 1 aromatic carbocycles. The average Bonchev–Trinajstić information content (AvgIpc) is 3.56. The molecule has 10 heteroatoms. The van der Waals surface area contributed by atoms with Crippen molar-refractivity contribution in [2.45, 2.75) is 25.1 Å². The van der Waals surface area contributed by atoms with Gasteiger partial charge in [0.1, 0.15) is 11.9 Å². The summed E-state index contributed by atoms with van der Waals surface area (Å²) in [6, 6.07) is 10.1. The molecule has 5 heterocycles. The molecule has 0 saturated carbocycles. The molecule has 0 aliphatic carbocycles. The van der Waals surface area contributed by atoms with Crippen molar-refractivity contribution >= 4 is 17.6 Å². The Labute approximate surface area is 171 Å². The van der Waals surface area contributed by atoms with Crippen molar-refractivity contribution < 1.29 is 9.53 Å². The lowest BCUT2D eigenvalue weighted by Crippen LogP contribution is -2.35. The molecule has 10 nitrogen and oxygen atoms in total. The monoisotopic (exact) mass is 401 g/mol. The number of nitrogens with one attached hydrogen (secondary N) is 1. The highest BCUT2D eigenvalue weighted by Crippen LogP contribution is 2.40. The van der Waals surface area contributed by atoms with Gasteiger partial charge in [-0.15, -0.1) is 11.3 Å². The Morgan fingerprint density at radius 1 is 1.23 bits per heavy atom. The number of carbonyl (C=O) groups excluding carboxylic acids is 1. The first-order valence-corrected chi connectivity index (χ1v) is 9.61. The van der Waals surface area contributed by atoms with Crippen LogP contribution in [0.5, 0.6) is 0 Å². The van der Waals surface area contributed by atoms with E-state index in [2.05, 4.69) is 32.3 Å². The van der Waals surface area contributed by atoms with E-state index in [0.717, 1.165) is 34.6 Å². The Balaban J connectivity index is 1.25. The van der Waals surface area contributed by atoms with Crippen molar-refractivity contribution in [2.24, 2.45) is 0 Å². The number of rotatable bonds is 4. The number of amides is 1. The summed E-state index contributed by atoms with van der Waals surface area (Å²) < 4.78 is 7.30. The zero-order valence-electron chi connectivity index (χ0n) is 15.8. The fourth-order valence-corrected chi connectivity index (χ4v) is 4.18.